The van der Waals surface area contributed by atoms with Crippen molar-refractivity contribution in [2.75, 3.05) is 23.9 Å². The molecule has 0 atom stereocenters. The largest absolute Gasteiger partial charge is 0.441 e. The Morgan fingerprint density at radius 2 is 1.91 bits per heavy atom. The zero-order valence-electron chi connectivity index (χ0n) is 12.1. The fourth-order valence-corrected chi connectivity index (χ4v) is 3.34. The van der Waals surface area contributed by atoms with E-state index >= 15 is 0 Å². The molecule has 3 rings (SSSR count). The quantitative estimate of drug-likeness (QED) is 0.633. The highest BCUT2D eigenvalue weighted by atomic mass is 32.2. The second kappa shape index (κ2) is 5.98. The molecular formula is C16H14N2O2S2. The van der Waals surface area contributed by atoms with Gasteiger partial charge in [-0.05, 0) is 18.2 Å². The molecule has 22 heavy (non-hydrogen) atoms. The summed E-state index contributed by atoms with van der Waals surface area (Å²) in [5.74, 6) is 1.26. The lowest BCUT2D eigenvalue weighted by molar-refractivity contribution is -0.113. The number of furan rings is 1. The highest BCUT2D eigenvalue weighted by molar-refractivity contribution is 8.27. The maximum absolute atomic E-state index is 12.6. The number of carbonyl (C=O) groups excluding carboxylic acids is 1. The first-order valence-electron chi connectivity index (χ1n) is 6.66. The predicted molar refractivity (Wildman–Crippen MR) is 95.1 cm³/mol. The van der Waals surface area contributed by atoms with E-state index in [1.54, 1.807) is 11.0 Å². The molecule has 0 saturated carbocycles. The minimum atomic E-state index is -0.121. The zero-order valence-corrected chi connectivity index (χ0v) is 13.8. The van der Waals surface area contributed by atoms with E-state index in [2.05, 4.69) is 0 Å². The summed E-state index contributed by atoms with van der Waals surface area (Å²) in [5, 5.41) is 0. The fraction of sp³-hybridized carbons (Fsp3) is 0.125. The molecule has 4 nitrogen and oxygen atoms in total. The average molecular weight is 330 g/mol. The smallest absolute Gasteiger partial charge is 0.270 e. The monoisotopic (exact) mass is 330 g/mol. The molecule has 0 aliphatic carbocycles. The van der Waals surface area contributed by atoms with Gasteiger partial charge in [-0.25, -0.2) is 0 Å². The molecule has 1 fully saturated rings. The van der Waals surface area contributed by atoms with Gasteiger partial charge < -0.3 is 9.32 Å². The number of carbonyl (C=O) groups is 1. The SMILES string of the molecule is CN(C)c1ccc(/C=C2/SC(=S)N(c3ccccc3)C2=O)o1. The van der Waals surface area contributed by atoms with Gasteiger partial charge in [-0.3, -0.25) is 9.69 Å². The Kier molecular flexibility index (Phi) is 4.04. The van der Waals surface area contributed by atoms with E-state index in [0.29, 0.717) is 15.0 Å². The molecule has 0 N–H and O–H groups in total. The molecule has 1 saturated heterocycles. The van der Waals surface area contributed by atoms with Gasteiger partial charge in [0.2, 0.25) is 0 Å². The van der Waals surface area contributed by atoms with E-state index in [4.69, 9.17) is 16.6 Å². The Hall–Kier alpha value is -2.05. The summed E-state index contributed by atoms with van der Waals surface area (Å²) in [6.07, 6.45) is 1.73. The van der Waals surface area contributed by atoms with Gasteiger partial charge in [0, 0.05) is 26.2 Å². The van der Waals surface area contributed by atoms with Crippen molar-refractivity contribution in [3.05, 3.63) is 53.1 Å². The molecular weight excluding hydrogens is 316 g/mol. The molecule has 2 heterocycles. The number of nitrogens with zero attached hydrogens (tertiary/aromatic N) is 2. The first kappa shape index (κ1) is 14.9. The number of thioether (sulfide) groups is 1. The van der Waals surface area contributed by atoms with Gasteiger partial charge in [-0.1, -0.05) is 42.2 Å². The maximum Gasteiger partial charge on any atom is 0.270 e. The van der Waals surface area contributed by atoms with Crippen LogP contribution in [-0.4, -0.2) is 24.3 Å². The summed E-state index contributed by atoms with van der Waals surface area (Å²) in [6, 6.07) is 13.1. The number of benzene rings is 1. The van der Waals surface area contributed by atoms with Crippen LogP contribution in [0.2, 0.25) is 0 Å². The highest BCUT2D eigenvalue weighted by Gasteiger charge is 2.33. The molecule has 0 unspecified atom stereocenters. The molecule has 2 aromatic rings. The molecule has 1 aromatic heterocycles. The first-order valence-corrected chi connectivity index (χ1v) is 7.89. The van der Waals surface area contributed by atoms with Crippen LogP contribution in [0, 0.1) is 0 Å². The molecule has 1 aliphatic rings. The highest BCUT2D eigenvalue weighted by Crippen LogP contribution is 2.36. The van der Waals surface area contributed by atoms with E-state index in [-0.39, 0.29) is 5.91 Å². The van der Waals surface area contributed by atoms with Crippen molar-refractivity contribution in [3.63, 3.8) is 0 Å². The fourth-order valence-electron chi connectivity index (χ4n) is 2.06. The van der Waals surface area contributed by atoms with E-state index in [1.165, 1.54) is 11.8 Å². The van der Waals surface area contributed by atoms with Crippen LogP contribution in [-0.2, 0) is 4.79 Å². The normalized spacial score (nSPS) is 16.6. The lowest BCUT2D eigenvalue weighted by atomic mass is 10.3. The minimum absolute atomic E-state index is 0.121. The summed E-state index contributed by atoms with van der Waals surface area (Å²) in [4.78, 5) is 16.5. The number of hydrogen-bond acceptors (Lipinski definition) is 5. The molecule has 6 heteroatoms. The van der Waals surface area contributed by atoms with Crippen LogP contribution in [0.25, 0.3) is 6.08 Å². The van der Waals surface area contributed by atoms with Gasteiger partial charge in [-0.15, -0.1) is 0 Å². The van der Waals surface area contributed by atoms with Crippen molar-refractivity contribution in [3.8, 4) is 0 Å². The molecule has 0 spiro atoms. The molecule has 0 bridgehead atoms. The van der Waals surface area contributed by atoms with E-state index in [0.717, 1.165) is 11.6 Å². The zero-order chi connectivity index (χ0) is 15.7. The standard InChI is InChI=1S/C16H14N2O2S2/c1-17(2)14-9-8-12(20-14)10-13-15(19)18(16(21)22-13)11-6-4-3-5-7-11/h3-10H,1-2H3/b13-10+. The number of hydrogen-bond donors (Lipinski definition) is 0. The van der Waals surface area contributed by atoms with Gasteiger partial charge in [0.05, 0.1) is 10.6 Å². The molecule has 0 radical (unpaired) electrons. The van der Waals surface area contributed by atoms with Gasteiger partial charge in [0.25, 0.3) is 5.91 Å². The summed E-state index contributed by atoms with van der Waals surface area (Å²) in [5.41, 5.74) is 0.779. The van der Waals surface area contributed by atoms with Crippen molar-refractivity contribution in [2.24, 2.45) is 0 Å². The lowest BCUT2D eigenvalue weighted by Crippen LogP contribution is -2.27. The third kappa shape index (κ3) is 2.80. The Bertz CT molecular complexity index is 751. The summed E-state index contributed by atoms with van der Waals surface area (Å²) in [7, 11) is 3.80. The van der Waals surface area contributed by atoms with Crippen molar-refractivity contribution >= 4 is 51.9 Å². The maximum atomic E-state index is 12.6. The van der Waals surface area contributed by atoms with Gasteiger partial charge in [0.15, 0.2) is 10.2 Å². The van der Waals surface area contributed by atoms with Gasteiger partial charge >= 0.3 is 0 Å². The number of amides is 1. The third-order valence-corrected chi connectivity index (χ3v) is 4.44. The van der Waals surface area contributed by atoms with Crippen LogP contribution in [0.4, 0.5) is 11.6 Å². The molecule has 1 aromatic carbocycles. The number of thiocarbonyl (C=S) groups is 1. The third-order valence-electron chi connectivity index (χ3n) is 3.13. The molecule has 1 amide bonds. The van der Waals surface area contributed by atoms with Crippen LogP contribution in [0.15, 0.2) is 51.8 Å². The lowest BCUT2D eigenvalue weighted by Gasteiger charge is -2.13. The van der Waals surface area contributed by atoms with Crippen molar-refractivity contribution < 1.29 is 9.21 Å². The predicted octanol–water partition coefficient (Wildman–Crippen LogP) is 3.75. The Labute approximate surface area is 138 Å². The van der Waals surface area contributed by atoms with Crippen molar-refractivity contribution in [1.29, 1.82) is 0 Å². The minimum Gasteiger partial charge on any atom is -0.441 e. The summed E-state index contributed by atoms with van der Waals surface area (Å²) in [6.45, 7) is 0. The Morgan fingerprint density at radius 1 is 1.18 bits per heavy atom. The van der Waals surface area contributed by atoms with E-state index < -0.39 is 0 Å². The Morgan fingerprint density at radius 3 is 2.55 bits per heavy atom. The number of rotatable bonds is 3. The van der Waals surface area contributed by atoms with Gasteiger partial charge in [0.1, 0.15) is 5.76 Å². The van der Waals surface area contributed by atoms with Gasteiger partial charge in [-0.2, -0.15) is 0 Å². The van der Waals surface area contributed by atoms with Crippen LogP contribution in [0.1, 0.15) is 5.76 Å². The van der Waals surface area contributed by atoms with Crippen molar-refractivity contribution in [1.82, 2.24) is 0 Å². The van der Waals surface area contributed by atoms with Crippen LogP contribution in [0.5, 0.6) is 0 Å². The van der Waals surface area contributed by atoms with Crippen LogP contribution >= 0.6 is 24.0 Å². The van der Waals surface area contributed by atoms with Crippen LogP contribution in [0.3, 0.4) is 0 Å². The Balaban J connectivity index is 1.88. The van der Waals surface area contributed by atoms with Crippen molar-refractivity contribution in [2.45, 2.75) is 0 Å². The number of para-hydroxylation sites is 1. The second-order valence-corrected chi connectivity index (χ2v) is 6.60. The molecule has 1 aliphatic heterocycles. The first-order chi connectivity index (χ1) is 10.6. The van der Waals surface area contributed by atoms with E-state index in [9.17, 15) is 4.79 Å². The summed E-state index contributed by atoms with van der Waals surface area (Å²) < 4.78 is 6.18. The van der Waals surface area contributed by atoms with Crippen LogP contribution < -0.4 is 9.80 Å². The average Bonchev–Trinajstić information content (AvgIpc) is 3.06. The number of anilines is 2. The summed E-state index contributed by atoms with van der Waals surface area (Å²) >= 11 is 6.61. The van der Waals surface area contributed by atoms with E-state index in [1.807, 2.05) is 61.5 Å². The topological polar surface area (TPSA) is 36.7 Å². The molecule has 112 valence electrons. The second-order valence-electron chi connectivity index (χ2n) is 4.92.